The Labute approximate surface area is 200 Å². The number of hydrogen-bond donors (Lipinski definition) is 1. The van der Waals surface area contributed by atoms with Gasteiger partial charge in [0.05, 0.1) is 16.7 Å². The van der Waals surface area contributed by atoms with Crippen LogP contribution in [0.5, 0.6) is 0 Å². The number of hydrogen-bond acceptors (Lipinski definition) is 5. The summed E-state index contributed by atoms with van der Waals surface area (Å²) >= 11 is 5.82. The van der Waals surface area contributed by atoms with Gasteiger partial charge in [0, 0.05) is 36.7 Å². The average molecular weight is 484 g/mol. The molecule has 3 heterocycles. The van der Waals surface area contributed by atoms with Gasteiger partial charge in [-0.25, -0.2) is 4.39 Å². The summed E-state index contributed by atoms with van der Waals surface area (Å²) in [4.78, 5) is 44.2. The number of likely N-dealkylation sites (tertiary alicyclic amines) is 1. The third kappa shape index (κ3) is 3.94. The van der Waals surface area contributed by atoms with Crippen molar-refractivity contribution in [2.24, 2.45) is 11.8 Å². The summed E-state index contributed by atoms with van der Waals surface area (Å²) in [6.45, 7) is 3.61. The first kappa shape index (κ1) is 22.5. The first-order valence-corrected chi connectivity index (χ1v) is 11.5. The van der Waals surface area contributed by atoms with Crippen molar-refractivity contribution in [3.8, 4) is 0 Å². The van der Waals surface area contributed by atoms with E-state index in [9.17, 15) is 18.8 Å². The van der Waals surface area contributed by atoms with E-state index in [2.05, 4.69) is 15.4 Å². The van der Waals surface area contributed by atoms with Gasteiger partial charge >= 0.3 is 0 Å². The van der Waals surface area contributed by atoms with Crippen LogP contribution in [0, 0.1) is 24.6 Å². The number of benzene rings is 1. The highest BCUT2D eigenvalue weighted by molar-refractivity contribution is 6.30. The SMILES string of the molecule is CC(=O)c1nn(CC(=O)N2C[C@@H]3C[C@@H]3[C@H]2C(=O)NCc2cccc(Cl)c2F)c2cnc(C)cc12. The van der Waals surface area contributed by atoms with Gasteiger partial charge in [0.25, 0.3) is 0 Å². The van der Waals surface area contributed by atoms with E-state index in [1.807, 2.05) is 6.92 Å². The van der Waals surface area contributed by atoms with Crippen LogP contribution in [0.1, 0.15) is 35.1 Å². The molecule has 3 atom stereocenters. The largest absolute Gasteiger partial charge is 0.350 e. The first-order valence-electron chi connectivity index (χ1n) is 11.1. The predicted octanol–water partition coefficient (Wildman–Crippen LogP) is 2.90. The van der Waals surface area contributed by atoms with E-state index in [4.69, 9.17) is 11.6 Å². The van der Waals surface area contributed by atoms with Gasteiger partial charge in [0.1, 0.15) is 24.1 Å². The summed E-state index contributed by atoms with van der Waals surface area (Å²) in [6.07, 6.45) is 2.48. The molecule has 1 aromatic carbocycles. The summed E-state index contributed by atoms with van der Waals surface area (Å²) in [7, 11) is 0. The highest BCUT2D eigenvalue weighted by atomic mass is 35.5. The number of nitrogens with one attached hydrogen (secondary N) is 1. The molecule has 0 spiro atoms. The lowest BCUT2D eigenvalue weighted by Gasteiger charge is -2.27. The summed E-state index contributed by atoms with van der Waals surface area (Å²) in [5.74, 6) is -0.960. The van der Waals surface area contributed by atoms with Crippen LogP contribution in [-0.4, -0.2) is 49.8 Å². The fraction of sp³-hybridized carbons (Fsp3) is 0.375. The molecule has 1 saturated heterocycles. The summed E-state index contributed by atoms with van der Waals surface area (Å²) < 4.78 is 15.7. The van der Waals surface area contributed by atoms with Gasteiger partial charge in [-0.05, 0) is 37.3 Å². The zero-order chi connectivity index (χ0) is 24.1. The normalized spacial score (nSPS) is 20.9. The smallest absolute Gasteiger partial charge is 0.245 e. The quantitative estimate of drug-likeness (QED) is 0.544. The van der Waals surface area contributed by atoms with Crippen molar-refractivity contribution in [3.05, 3.63) is 58.3 Å². The van der Waals surface area contributed by atoms with Gasteiger partial charge in [-0.1, -0.05) is 23.7 Å². The van der Waals surface area contributed by atoms with E-state index < -0.39 is 11.9 Å². The molecule has 1 aliphatic carbocycles. The highest BCUT2D eigenvalue weighted by Gasteiger charge is 2.56. The van der Waals surface area contributed by atoms with Crippen LogP contribution in [0.3, 0.4) is 0 Å². The van der Waals surface area contributed by atoms with Crippen molar-refractivity contribution < 1.29 is 18.8 Å². The molecule has 10 heteroatoms. The molecule has 176 valence electrons. The van der Waals surface area contributed by atoms with Crippen molar-refractivity contribution >= 4 is 40.1 Å². The molecule has 0 unspecified atom stereocenters. The van der Waals surface area contributed by atoms with Crippen LogP contribution in [0.15, 0.2) is 30.5 Å². The number of rotatable bonds is 6. The third-order valence-electron chi connectivity index (χ3n) is 6.62. The number of amides is 2. The Morgan fingerprint density at radius 1 is 1.29 bits per heavy atom. The van der Waals surface area contributed by atoms with Crippen LogP contribution in [0.2, 0.25) is 5.02 Å². The maximum atomic E-state index is 14.2. The van der Waals surface area contributed by atoms with E-state index in [0.717, 1.165) is 12.1 Å². The Kier molecular flexibility index (Phi) is 5.59. The van der Waals surface area contributed by atoms with Gasteiger partial charge in [0.2, 0.25) is 11.8 Å². The third-order valence-corrected chi connectivity index (χ3v) is 6.91. The topological polar surface area (TPSA) is 97.2 Å². The maximum Gasteiger partial charge on any atom is 0.245 e. The monoisotopic (exact) mass is 483 g/mol. The van der Waals surface area contributed by atoms with Crippen molar-refractivity contribution in [3.63, 3.8) is 0 Å². The summed E-state index contributed by atoms with van der Waals surface area (Å²) in [5.41, 5.74) is 1.90. The molecule has 8 nitrogen and oxygen atoms in total. The Balaban J connectivity index is 1.33. The number of nitrogens with zero attached hydrogens (tertiary/aromatic N) is 4. The van der Waals surface area contributed by atoms with Crippen molar-refractivity contribution in [1.29, 1.82) is 0 Å². The van der Waals surface area contributed by atoms with Gasteiger partial charge in [0.15, 0.2) is 5.78 Å². The Morgan fingerprint density at radius 3 is 2.85 bits per heavy atom. The lowest BCUT2D eigenvalue weighted by atomic mass is 10.1. The lowest BCUT2D eigenvalue weighted by Crippen LogP contribution is -2.49. The molecule has 1 aliphatic heterocycles. The van der Waals surface area contributed by atoms with Crippen molar-refractivity contribution in [2.75, 3.05) is 6.54 Å². The predicted molar refractivity (Wildman–Crippen MR) is 123 cm³/mol. The summed E-state index contributed by atoms with van der Waals surface area (Å²) in [6, 6.07) is 5.78. The minimum atomic E-state index is -0.616. The number of carbonyl (C=O) groups excluding carboxylic acids is 3. The van der Waals surface area contributed by atoms with Crippen LogP contribution in [0.4, 0.5) is 4.39 Å². The number of ketones is 1. The Hall–Kier alpha value is -3.33. The molecule has 0 radical (unpaired) electrons. The first-order chi connectivity index (χ1) is 16.2. The van der Waals surface area contributed by atoms with E-state index in [-0.39, 0.29) is 58.8 Å². The van der Waals surface area contributed by atoms with E-state index >= 15 is 0 Å². The number of aryl methyl sites for hydroxylation is 1. The van der Waals surface area contributed by atoms with Gasteiger partial charge in [-0.15, -0.1) is 0 Å². The zero-order valence-corrected chi connectivity index (χ0v) is 19.5. The fourth-order valence-corrected chi connectivity index (χ4v) is 5.00. The van der Waals surface area contributed by atoms with E-state index in [1.54, 1.807) is 29.3 Å². The molecule has 2 aromatic heterocycles. The second-order valence-electron chi connectivity index (χ2n) is 8.99. The number of carbonyl (C=O) groups is 3. The number of Topliss-reactive ketones (excluding diaryl/α,β-unsaturated/α-hetero) is 1. The average Bonchev–Trinajstić information content (AvgIpc) is 3.31. The number of fused-ring (bicyclic) bond motifs is 2. The molecule has 5 rings (SSSR count). The number of aromatic nitrogens is 3. The molecule has 2 fully saturated rings. The van der Waals surface area contributed by atoms with Crippen molar-refractivity contribution in [1.82, 2.24) is 25.0 Å². The second-order valence-corrected chi connectivity index (χ2v) is 9.39. The molecule has 2 amide bonds. The molecule has 3 aromatic rings. The standard InChI is InChI=1S/C24H23ClFN5O3/c1-12-6-17-19(9-27-12)31(29-22(17)13(2)32)11-20(33)30-10-15-7-16(15)23(30)24(34)28-8-14-4-3-5-18(25)21(14)26/h3-6,9,15-16,23H,7-8,10-11H2,1-2H3,(H,28,34)/t15-,16-,23-/m0/s1. The van der Waals surface area contributed by atoms with Crippen LogP contribution >= 0.6 is 11.6 Å². The minimum Gasteiger partial charge on any atom is -0.350 e. The molecule has 2 aliphatic rings. The van der Waals surface area contributed by atoms with E-state index in [0.29, 0.717) is 17.4 Å². The summed E-state index contributed by atoms with van der Waals surface area (Å²) in [5, 5.41) is 7.76. The minimum absolute atomic E-state index is 0.00672. The van der Waals surface area contributed by atoms with E-state index in [1.165, 1.54) is 17.7 Å². The molecule has 1 saturated carbocycles. The van der Waals surface area contributed by atoms with Gasteiger partial charge < -0.3 is 10.2 Å². The zero-order valence-electron chi connectivity index (χ0n) is 18.7. The molecule has 34 heavy (non-hydrogen) atoms. The fourth-order valence-electron chi connectivity index (χ4n) is 4.81. The highest BCUT2D eigenvalue weighted by Crippen LogP contribution is 2.49. The van der Waals surface area contributed by atoms with Crippen LogP contribution in [0.25, 0.3) is 10.9 Å². The molecular formula is C24H23ClFN5O3. The second kappa shape index (κ2) is 8.47. The maximum absolute atomic E-state index is 14.2. The Morgan fingerprint density at radius 2 is 2.09 bits per heavy atom. The van der Waals surface area contributed by atoms with Gasteiger partial charge in [-0.3, -0.25) is 24.0 Å². The van der Waals surface area contributed by atoms with Crippen molar-refractivity contribution in [2.45, 2.75) is 39.4 Å². The van der Waals surface area contributed by atoms with Crippen LogP contribution in [-0.2, 0) is 22.7 Å². The molecule has 0 bridgehead atoms. The molecular weight excluding hydrogens is 461 g/mol. The number of pyridine rings is 1. The lowest BCUT2D eigenvalue weighted by molar-refractivity contribution is -0.140. The van der Waals surface area contributed by atoms with Crippen LogP contribution < -0.4 is 5.32 Å². The number of piperidine rings is 1. The number of halogens is 2. The Bertz CT molecular complexity index is 1340. The molecule has 1 N–H and O–H groups in total. The van der Waals surface area contributed by atoms with Gasteiger partial charge in [-0.2, -0.15) is 5.10 Å².